The van der Waals surface area contributed by atoms with Gasteiger partial charge in [0.2, 0.25) is 6.79 Å². The smallest absolute Gasteiger partial charge is 0.271 e. The molecule has 3 heterocycles. The number of allylic oxidation sites excluding steroid dienone is 2. The van der Waals surface area contributed by atoms with Gasteiger partial charge in [-0.2, -0.15) is 0 Å². The second-order valence-corrected chi connectivity index (χ2v) is 12.6. The molecule has 0 amide bonds. The van der Waals surface area contributed by atoms with Crippen LogP contribution in [-0.4, -0.2) is 17.1 Å². The maximum atomic E-state index is 14.0. The van der Waals surface area contributed by atoms with Crippen molar-refractivity contribution in [1.29, 1.82) is 0 Å². The molecule has 2 aliphatic heterocycles. The molecular formula is C32H26ClIN2O5S. The number of nitrogens with zero attached hydrogens (tertiary/aromatic N) is 2. The number of ether oxygens (including phenoxy) is 3. The fourth-order valence-corrected chi connectivity index (χ4v) is 7.38. The lowest BCUT2D eigenvalue weighted by atomic mass is 9.91. The first-order valence-electron chi connectivity index (χ1n) is 13.4. The van der Waals surface area contributed by atoms with Crippen LogP contribution in [0.15, 0.2) is 75.7 Å². The van der Waals surface area contributed by atoms with Crippen molar-refractivity contribution in [1.82, 2.24) is 4.57 Å². The molecular weight excluding hydrogens is 687 g/mol. The van der Waals surface area contributed by atoms with Gasteiger partial charge in [-0.15, -0.1) is 0 Å². The van der Waals surface area contributed by atoms with Gasteiger partial charge in [-0.05, 0) is 89.5 Å². The van der Waals surface area contributed by atoms with E-state index in [4.69, 9.17) is 30.8 Å². The van der Waals surface area contributed by atoms with Crippen LogP contribution in [0.1, 0.15) is 48.6 Å². The molecule has 0 fully saturated rings. The summed E-state index contributed by atoms with van der Waals surface area (Å²) in [6, 6.07) is 16.5. The number of hydrogen-bond donors (Lipinski definition) is 0. The van der Waals surface area contributed by atoms with E-state index in [1.54, 1.807) is 4.57 Å². The number of thiazole rings is 1. The second kappa shape index (κ2) is 11.7. The first-order valence-corrected chi connectivity index (χ1v) is 15.6. The van der Waals surface area contributed by atoms with Crippen molar-refractivity contribution in [2.24, 2.45) is 4.99 Å². The minimum absolute atomic E-state index is 0.0502. The first kappa shape index (κ1) is 28.7. The van der Waals surface area contributed by atoms with Gasteiger partial charge in [-0.3, -0.25) is 14.2 Å². The quantitative estimate of drug-likeness (QED) is 0.217. The molecule has 0 saturated heterocycles. The fraction of sp³-hybridized carbons (Fsp3) is 0.219. The summed E-state index contributed by atoms with van der Waals surface area (Å²) in [5.41, 5.74) is 4.41. The number of ketones is 1. The van der Waals surface area contributed by atoms with Crippen LogP contribution in [-0.2, 0) is 11.4 Å². The van der Waals surface area contributed by atoms with Crippen LogP contribution in [0.2, 0.25) is 5.02 Å². The van der Waals surface area contributed by atoms with Crippen LogP contribution in [0.3, 0.4) is 0 Å². The van der Waals surface area contributed by atoms with Gasteiger partial charge >= 0.3 is 0 Å². The van der Waals surface area contributed by atoms with Gasteiger partial charge in [0.25, 0.3) is 5.56 Å². The van der Waals surface area contributed by atoms with E-state index in [1.165, 1.54) is 11.3 Å². The average Bonchev–Trinajstić information content (AvgIpc) is 3.56. The lowest BCUT2D eigenvalue weighted by Crippen LogP contribution is -2.39. The molecule has 1 atom stereocenters. The Labute approximate surface area is 264 Å². The van der Waals surface area contributed by atoms with Gasteiger partial charge in [0.1, 0.15) is 12.4 Å². The Morgan fingerprint density at radius 2 is 1.95 bits per heavy atom. The van der Waals surface area contributed by atoms with E-state index in [0.717, 1.165) is 31.6 Å². The van der Waals surface area contributed by atoms with Crippen molar-refractivity contribution >= 4 is 57.4 Å². The zero-order valence-corrected chi connectivity index (χ0v) is 26.8. The van der Waals surface area contributed by atoms with Crippen LogP contribution in [0, 0.1) is 10.5 Å². The third-order valence-electron chi connectivity index (χ3n) is 7.23. The molecule has 0 N–H and O–H groups in total. The molecule has 7 nitrogen and oxygen atoms in total. The van der Waals surface area contributed by atoms with E-state index in [9.17, 15) is 9.59 Å². The number of hydrogen-bond acceptors (Lipinski definition) is 7. The summed E-state index contributed by atoms with van der Waals surface area (Å²) in [6.07, 6.45) is 2.17. The molecule has 0 spiro atoms. The summed E-state index contributed by atoms with van der Waals surface area (Å²) in [5, 5.41) is 0.662. The molecule has 0 bridgehead atoms. The highest BCUT2D eigenvalue weighted by Crippen LogP contribution is 2.38. The number of aryl methyl sites for hydroxylation is 1. The molecule has 4 aromatic rings. The maximum Gasteiger partial charge on any atom is 0.271 e. The minimum Gasteiger partial charge on any atom is -0.487 e. The van der Waals surface area contributed by atoms with Crippen molar-refractivity contribution in [3.8, 4) is 17.2 Å². The monoisotopic (exact) mass is 712 g/mol. The predicted molar refractivity (Wildman–Crippen MR) is 171 cm³/mol. The summed E-state index contributed by atoms with van der Waals surface area (Å²) in [7, 11) is 0. The molecule has 10 heteroatoms. The van der Waals surface area contributed by atoms with E-state index in [0.29, 0.717) is 50.2 Å². The van der Waals surface area contributed by atoms with Gasteiger partial charge < -0.3 is 14.2 Å². The Bertz CT molecular complexity index is 1940. The summed E-state index contributed by atoms with van der Waals surface area (Å²) in [4.78, 5) is 32.4. The molecule has 2 aliphatic rings. The lowest BCUT2D eigenvalue weighted by Gasteiger charge is -2.25. The van der Waals surface area contributed by atoms with E-state index in [1.807, 2.05) is 81.4 Å². The Morgan fingerprint density at radius 3 is 2.71 bits per heavy atom. The van der Waals surface area contributed by atoms with Gasteiger partial charge in [0, 0.05) is 28.3 Å². The summed E-state index contributed by atoms with van der Waals surface area (Å²) in [5.74, 6) is 1.95. The van der Waals surface area contributed by atoms with Crippen molar-refractivity contribution in [3.05, 3.63) is 116 Å². The van der Waals surface area contributed by atoms with E-state index < -0.39 is 6.04 Å². The maximum absolute atomic E-state index is 14.0. The van der Waals surface area contributed by atoms with Gasteiger partial charge in [-0.1, -0.05) is 54.1 Å². The lowest BCUT2D eigenvalue weighted by molar-refractivity contribution is -0.115. The zero-order valence-electron chi connectivity index (χ0n) is 23.1. The third-order valence-corrected chi connectivity index (χ3v) is 9.39. The number of rotatable bonds is 7. The van der Waals surface area contributed by atoms with Crippen LogP contribution in [0.25, 0.3) is 6.08 Å². The minimum atomic E-state index is -0.618. The summed E-state index contributed by atoms with van der Waals surface area (Å²) >= 11 is 9.86. The van der Waals surface area contributed by atoms with Crippen LogP contribution < -0.4 is 29.1 Å². The molecule has 1 aromatic heterocycles. The van der Waals surface area contributed by atoms with E-state index >= 15 is 0 Å². The third kappa shape index (κ3) is 5.29. The Hall–Kier alpha value is -3.41. The first-order chi connectivity index (χ1) is 20.2. The number of Topliss-reactive ketones (excluding diaryl/α,β-unsaturated/α-hetero) is 1. The van der Waals surface area contributed by atoms with Gasteiger partial charge in [-0.25, -0.2) is 4.99 Å². The van der Waals surface area contributed by atoms with Crippen molar-refractivity contribution < 1.29 is 19.0 Å². The number of halogens is 2. The number of benzene rings is 3. The molecule has 1 unspecified atom stereocenters. The normalized spacial score (nSPS) is 15.9. The highest BCUT2D eigenvalue weighted by Gasteiger charge is 2.32. The molecule has 6 rings (SSSR count). The number of fused-ring (bicyclic) bond motifs is 2. The molecule has 42 heavy (non-hydrogen) atoms. The average molecular weight is 713 g/mol. The fourth-order valence-electron chi connectivity index (χ4n) is 5.21. The molecule has 0 aliphatic carbocycles. The predicted octanol–water partition coefficient (Wildman–Crippen LogP) is 6.09. The highest BCUT2D eigenvalue weighted by molar-refractivity contribution is 14.1. The van der Waals surface area contributed by atoms with E-state index in [2.05, 4.69) is 22.6 Å². The highest BCUT2D eigenvalue weighted by atomic mass is 127. The largest absolute Gasteiger partial charge is 0.487 e. The number of carbonyl (C=O) groups is 1. The molecule has 214 valence electrons. The number of carbonyl (C=O) groups excluding carboxylic acids is 1. The molecule has 0 saturated carbocycles. The summed E-state index contributed by atoms with van der Waals surface area (Å²) < 4.78 is 20.3. The van der Waals surface area contributed by atoms with Gasteiger partial charge in [0.05, 0.1) is 14.1 Å². The Morgan fingerprint density at radius 1 is 1.17 bits per heavy atom. The van der Waals surface area contributed by atoms with E-state index in [-0.39, 0.29) is 18.1 Å². The van der Waals surface area contributed by atoms with Gasteiger partial charge in [0.15, 0.2) is 22.1 Å². The molecule has 0 radical (unpaired) electrons. The molecule has 3 aromatic carbocycles. The Balaban J connectivity index is 1.41. The zero-order chi connectivity index (χ0) is 29.5. The standard InChI is InChI=1S/C32H26ClIN2O5S/c1-4-24(37)28-18(3)35-32-36(29(28)20-9-10-25-26(14-20)41-16-40-25)31(38)27(42-32)13-19-11-17(2)30(23(34)12-19)39-15-21-7-5-6-8-22(21)33/h5-14,29H,4,15-16H2,1-3H3/b27-13+. The number of aromatic nitrogens is 1. The second-order valence-electron chi connectivity index (χ2n) is 10.0. The van der Waals surface area contributed by atoms with Crippen molar-refractivity contribution in [2.75, 3.05) is 6.79 Å². The van der Waals surface area contributed by atoms with Crippen LogP contribution in [0.4, 0.5) is 0 Å². The van der Waals surface area contributed by atoms with Crippen molar-refractivity contribution in [3.63, 3.8) is 0 Å². The Kier molecular flexibility index (Phi) is 7.99. The topological polar surface area (TPSA) is 79.1 Å². The van der Waals surface area contributed by atoms with Crippen molar-refractivity contribution in [2.45, 2.75) is 39.8 Å². The van der Waals surface area contributed by atoms with Crippen LogP contribution in [0.5, 0.6) is 17.2 Å². The SMILES string of the molecule is CCC(=O)C1=C(C)N=c2s/c(=C/c3cc(C)c(OCc4ccccc4Cl)c(I)c3)c(=O)n2C1c1ccc2c(c1)OCO2. The summed E-state index contributed by atoms with van der Waals surface area (Å²) in [6.45, 7) is 6.11. The van der Waals surface area contributed by atoms with Crippen LogP contribution >= 0.6 is 45.5 Å².